The van der Waals surface area contributed by atoms with Gasteiger partial charge in [0.2, 0.25) is 5.91 Å². The van der Waals surface area contributed by atoms with Crippen molar-refractivity contribution in [2.75, 3.05) is 13.1 Å². The SMILES string of the molecule is CCC(CC)N(CC(C)C)C(=O)CNC1CC1. The first-order valence-corrected chi connectivity index (χ1v) is 7.11. The number of hydrogen-bond acceptors (Lipinski definition) is 2. The fourth-order valence-corrected chi connectivity index (χ4v) is 2.20. The number of carbonyl (C=O) groups excluding carboxylic acids is 1. The Kier molecular flexibility index (Phi) is 5.96. The molecule has 0 radical (unpaired) electrons. The first-order chi connectivity index (χ1) is 8.08. The summed E-state index contributed by atoms with van der Waals surface area (Å²) in [6.45, 7) is 10.1. The zero-order valence-electron chi connectivity index (χ0n) is 11.8. The first-order valence-electron chi connectivity index (χ1n) is 7.11. The van der Waals surface area contributed by atoms with Crippen LogP contribution in [0, 0.1) is 5.92 Å². The Morgan fingerprint density at radius 1 is 1.29 bits per heavy atom. The third-order valence-electron chi connectivity index (χ3n) is 3.38. The largest absolute Gasteiger partial charge is 0.338 e. The molecule has 1 aliphatic carbocycles. The molecule has 1 amide bonds. The average Bonchev–Trinajstić information content (AvgIpc) is 3.09. The highest BCUT2D eigenvalue weighted by Gasteiger charge is 2.25. The van der Waals surface area contributed by atoms with Crippen LogP contribution in [0.4, 0.5) is 0 Å². The van der Waals surface area contributed by atoms with Crippen LogP contribution in [0.2, 0.25) is 0 Å². The molecule has 3 heteroatoms. The molecule has 0 atom stereocenters. The Balaban J connectivity index is 2.49. The quantitative estimate of drug-likeness (QED) is 0.706. The lowest BCUT2D eigenvalue weighted by Crippen LogP contribution is -2.46. The molecule has 17 heavy (non-hydrogen) atoms. The van der Waals surface area contributed by atoms with Crippen molar-refractivity contribution < 1.29 is 4.79 Å². The second-order valence-electron chi connectivity index (χ2n) is 5.57. The second-order valence-corrected chi connectivity index (χ2v) is 5.57. The highest BCUT2D eigenvalue weighted by atomic mass is 16.2. The van der Waals surface area contributed by atoms with E-state index in [1.165, 1.54) is 12.8 Å². The van der Waals surface area contributed by atoms with E-state index in [0.29, 0.717) is 24.5 Å². The molecular formula is C14H28N2O. The van der Waals surface area contributed by atoms with Gasteiger partial charge in [0.25, 0.3) is 0 Å². The molecule has 0 aromatic carbocycles. The van der Waals surface area contributed by atoms with Gasteiger partial charge in [-0.3, -0.25) is 4.79 Å². The first kappa shape index (κ1) is 14.5. The second kappa shape index (κ2) is 7.00. The lowest BCUT2D eigenvalue weighted by Gasteiger charge is -2.32. The smallest absolute Gasteiger partial charge is 0.236 e. The van der Waals surface area contributed by atoms with Gasteiger partial charge in [-0.25, -0.2) is 0 Å². The van der Waals surface area contributed by atoms with Crippen molar-refractivity contribution >= 4 is 5.91 Å². The fourth-order valence-electron chi connectivity index (χ4n) is 2.20. The van der Waals surface area contributed by atoms with Crippen LogP contribution in [0.15, 0.2) is 0 Å². The molecule has 0 spiro atoms. The standard InChI is InChI=1S/C14H28N2O/c1-5-13(6-2)16(10-11(3)4)14(17)9-15-12-7-8-12/h11-13,15H,5-10H2,1-4H3. The molecule has 0 saturated heterocycles. The summed E-state index contributed by atoms with van der Waals surface area (Å²) in [5.41, 5.74) is 0. The molecule has 1 rings (SSSR count). The maximum atomic E-state index is 12.2. The van der Waals surface area contributed by atoms with Gasteiger partial charge in [0.15, 0.2) is 0 Å². The Hall–Kier alpha value is -0.570. The number of nitrogens with one attached hydrogen (secondary N) is 1. The van der Waals surface area contributed by atoms with Gasteiger partial charge in [-0.15, -0.1) is 0 Å². The van der Waals surface area contributed by atoms with Gasteiger partial charge in [0.1, 0.15) is 0 Å². The zero-order chi connectivity index (χ0) is 12.8. The Labute approximate surface area is 106 Å². The lowest BCUT2D eigenvalue weighted by atomic mass is 10.1. The van der Waals surface area contributed by atoms with Crippen LogP contribution in [0.1, 0.15) is 53.4 Å². The summed E-state index contributed by atoms with van der Waals surface area (Å²) in [7, 11) is 0. The topological polar surface area (TPSA) is 32.3 Å². The van der Waals surface area contributed by atoms with E-state index in [9.17, 15) is 4.79 Å². The molecule has 0 bridgehead atoms. The molecule has 1 saturated carbocycles. The van der Waals surface area contributed by atoms with Gasteiger partial charge in [-0.1, -0.05) is 27.7 Å². The minimum atomic E-state index is 0.277. The van der Waals surface area contributed by atoms with E-state index in [0.717, 1.165) is 19.4 Å². The van der Waals surface area contributed by atoms with Crippen molar-refractivity contribution in [3.05, 3.63) is 0 Å². The summed E-state index contributed by atoms with van der Waals surface area (Å²) in [6, 6.07) is 1.02. The summed E-state index contributed by atoms with van der Waals surface area (Å²) >= 11 is 0. The molecule has 0 aromatic heterocycles. The zero-order valence-corrected chi connectivity index (χ0v) is 11.8. The van der Waals surface area contributed by atoms with Gasteiger partial charge in [-0.05, 0) is 31.6 Å². The highest BCUT2D eigenvalue weighted by molar-refractivity contribution is 5.78. The predicted octanol–water partition coefficient (Wildman–Crippen LogP) is 2.41. The Morgan fingerprint density at radius 2 is 1.88 bits per heavy atom. The maximum Gasteiger partial charge on any atom is 0.236 e. The van der Waals surface area contributed by atoms with Crippen LogP contribution >= 0.6 is 0 Å². The average molecular weight is 240 g/mol. The lowest BCUT2D eigenvalue weighted by molar-refractivity contribution is -0.133. The van der Waals surface area contributed by atoms with E-state index in [1.807, 2.05) is 0 Å². The molecular weight excluding hydrogens is 212 g/mol. The molecule has 100 valence electrons. The van der Waals surface area contributed by atoms with E-state index < -0.39 is 0 Å². The van der Waals surface area contributed by atoms with Crippen LogP contribution in [0.25, 0.3) is 0 Å². The van der Waals surface area contributed by atoms with Crippen molar-refractivity contribution in [3.63, 3.8) is 0 Å². The number of carbonyl (C=O) groups is 1. The van der Waals surface area contributed by atoms with Crippen molar-refractivity contribution in [2.45, 2.75) is 65.5 Å². The van der Waals surface area contributed by atoms with Crippen LogP contribution in [-0.2, 0) is 4.79 Å². The third-order valence-corrected chi connectivity index (χ3v) is 3.38. The van der Waals surface area contributed by atoms with Crippen molar-refractivity contribution in [3.8, 4) is 0 Å². The maximum absolute atomic E-state index is 12.2. The molecule has 0 aromatic rings. The minimum absolute atomic E-state index is 0.277. The fraction of sp³-hybridized carbons (Fsp3) is 0.929. The predicted molar refractivity (Wildman–Crippen MR) is 71.9 cm³/mol. The van der Waals surface area contributed by atoms with E-state index in [4.69, 9.17) is 0 Å². The highest BCUT2D eigenvalue weighted by Crippen LogP contribution is 2.18. The summed E-state index contributed by atoms with van der Waals surface area (Å²) in [6.07, 6.45) is 4.58. The normalized spacial score (nSPS) is 15.6. The Bertz CT molecular complexity index is 232. The van der Waals surface area contributed by atoms with Crippen LogP contribution in [0.5, 0.6) is 0 Å². The van der Waals surface area contributed by atoms with E-state index in [1.54, 1.807) is 0 Å². The third kappa shape index (κ3) is 5.07. The van der Waals surface area contributed by atoms with Crippen LogP contribution in [-0.4, -0.2) is 36.0 Å². The van der Waals surface area contributed by atoms with E-state index in [-0.39, 0.29) is 5.91 Å². The summed E-state index contributed by atoms with van der Waals surface area (Å²) in [5, 5.41) is 3.32. The van der Waals surface area contributed by atoms with Gasteiger partial charge in [0, 0.05) is 18.6 Å². The van der Waals surface area contributed by atoms with Gasteiger partial charge in [0.05, 0.1) is 6.54 Å². The molecule has 3 nitrogen and oxygen atoms in total. The molecule has 0 heterocycles. The van der Waals surface area contributed by atoms with Gasteiger partial charge < -0.3 is 10.2 Å². The Morgan fingerprint density at radius 3 is 2.29 bits per heavy atom. The summed E-state index contributed by atoms with van der Waals surface area (Å²) in [4.78, 5) is 14.3. The van der Waals surface area contributed by atoms with Gasteiger partial charge >= 0.3 is 0 Å². The molecule has 1 aliphatic rings. The summed E-state index contributed by atoms with van der Waals surface area (Å²) in [5.74, 6) is 0.819. The number of amides is 1. The van der Waals surface area contributed by atoms with Crippen LogP contribution in [0.3, 0.4) is 0 Å². The number of nitrogens with zero attached hydrogens (tertiary/aromatic N) is 1. The van der Waals surface area contributed by atoms with Gasteiger partial charge in [-0.2, -0.15) is 0 Å². The van der Waals surface area contributed by atoms with E-state index >= 15 is 0 Å². The summed E-state index contributed by atoms with van der Waals surface area (Å²) < 4.78 is 0. The van der Waals surface area contributed by atoms with Crippen molar-refractivity contribution in [1.29, 1.82) is 0 Å². The van der Waals surface area contributed by atoms with Crippen LogP contribution < -0.4 is 5.32 Å². The minimum Gasteiger partial charge on any atom is -0.338 e. The monoisotopic (exact) mass is 240 g/mol. The molecule has 0 unspecified atom stereocenters. The number of rotatable bonds is 8. The molecule has 0 aliphatic heterocycles. The molecule has 1 fully saturated rings. The van der Waals surface area contributed by atoms with Crippen molar-refractivity contribution in [2.24, 2.45) is 5.92 Å². The molecule has 1 N–H and O–H groups in total. The number of hydrogen-bond donors (Lipinski definition) is 1. The van der Waals surface area contributed by atoms with E-state index in [2.05, 4.69) is 37.9 Å². The van der Waals surface area contributed by atoms with Crippen molar-refractivity contribution in [1.82, 2.24) is 10.2 Å².